The molecule has 0 atom stereocenters. The van der Waals surface area contributed by atoms with E-state index in [0.717, 1.165) is 34.0 Å². The Labute approximate surface area is 201 Å². The van der Waals surface area contributed by atoms with Crippen molar-refractivity contribution in [2.45, 2.75) is 20.4 Å². The Balaban J connectivity index is 1.40. The molecular weight excluding hydrogens is 488 g/mol. The number of amides is 1. The van der Waals surface area contributed by atoms with Gasteiger partial charge in [0.25, 0.3) is 5.91 Å². The van der Waals surface area contributed by atoms with Crippen LogP contribution in [0.5, 0.6) is 23.0 Å². The third kappa shape index (κ3) is 5.90. The van der Waals surface area contributed by atoms with Crippen LogP contribution in [0.4, 0.5) is 11.4 Å². The van der Waals surface area contributed by atoms with Crippen LogP contribution in [0.1, 0.15) is 18.1 Å². The zero-order chi connectivity index (χ0) is 23.2. The molecule has 1 heterocycles. The molecule has 0 radical (unpaired) electrons. The van der Waals surface area contributed by atoms with Crippen LogP contribution in [0.3, 0.4) is 0 Å². The van der Waals surface area contributed by atoms with Crippen LogP contribution in [-0.2, 0) is 11.3 Å². The maximum absolute atomic E-state index is 12.3. The summed E-state index contributed by atoms with van der Waals surface area (Å²) in [6.45, 7) is 5.04. The number of hydrogen-bond acceptors (Lipinski definition) is 6. The smallest absolute Gasteiger partial charge is 0.262 e. The highest BCUT2D eigenvalue weighted by atomic mass is 79.9. The zero-order valence-electron chi connectivity index (χ0n) is 18.4. The Morgan fingerprint density at radius 2 is 1.76 bits per heavy atom. The van der Waals surface area contributed by atoms with E-state index in [1.54, 1.807) is 0 Å². The molecule has 0 aliphatic carbocycles. The lowest BCUT2D eigenvalue weighted by atomic mass is 10.2. The van der Waals surface area contributed by atoms with E-state index >= 15 is 0 Å². The fourth-order valence-corrected chi connectivity index (χ4v) is 3.91. The van der Waals surface area contributed by atoms with Crippen molar-refractivity contribution < 1.29 is 23.7 Å². The zero-order valence-corrected chi connectivity index (χ0v) is 20.0. The average Bonchev–Trinajstić information content (AvgIpc) is 3.27. The Morgan fingerprint density at radius 1 is 1.00 bits per heavy atom. The van der Waals surface area contributed by atoms with Gasteiger partial charge in [-0.05, 0) is 71.7 Å². The molecule has 1 aliphatic rings. The van der Waals surface area contributed by atoms with E-state index < -0.39 is 0 Å². The van der Waals surface area contributed by atoms with Crippen molar-refractivity contribution in [3.8, 4) is 23.0 Å². The Bertz CT molecular complexity index is 1130. The standard InChI is InChI=1S/C25H25BrN2O5/c1-3-30-23-11-17(13-27-19-8-9-21-22(12-19)33-15-32-21)10-20(26)25(23)31-14-24(29)28-18-6-4-16(2)5-7-18/h4-12,27H,3,13-15H2,1-2H3,(H,28,29). The number of nitrogens with one attached hydrogen (secondary N) is 2. The maximum atomic E-state index is 12.3. The number of carbonyl (C=O) groups is 1. The van der Waals surface area contributed by atoms with E-state index in [1.807, 2.05) is 68.4 Å². The number of carbonyl (C=O) groups excluding carboxylic acids is 1. The van der Waals surface area contributed by atoms with E-state index in [2.05, 4.69) is 26.6 Å². The Hall–Kier alpha value is -3.39. The van der Waals surface area contributed by atoms with Crippen molar-refractivity contribution >= 4 is 33.2 Å². The quantitative estimate of drug-likeness (QED) is 0.393. The molecule has 0 aromatic heterocycles. The number of anilines is 2. The third-order valence-electron chi connectivity index (χ3n) is 4.92. The molecule has 172 valence electrons. The predicted octanol–water partition coefficient (Wildman–Crippen LogP) is 5.51. The lowest BCUT2D eigenvalue weighted by molar-refractivity contribution is -0.118. The van der Waals surface area contributed by atoms with Crippen LogP contribution in [0.25, 0.3) is 0 Å². The highest BCUT2D eigenvalue weighted by molar-refractivity contribution is 9.10. The molecule has 3 aromatic carbocycles. The van der Waals surface area contributed by atoms with E-state index in [0.29, 0.717) is 29.1 Å². The second-order valence-corrected chi connectivity index (χ2v) is 8.32. The highest BCUT2D eigenvalue weighted by Gasteiger charge is 2.16. The van der Waals surface area contributed by atoms with Crippen LogP contribution in [0, 0.1) is 6.92 Å². The SMILES string of the molecule is CCOc1cc(CNc2ccc3c(c2)OCO3)cc(Br)c1OCC(=O)Nc1ccc(C)cc1. The first-order chi connectivity index (χ1) is 16.0. The fourth-order valence-electron chi connectivity index (χ4n) is 3.31. The number of ether oxygens (including phenoxy) is 4. The minimum atomic E-state index is -0.248. The van der Waals surface area contributed by atoms with Crippen LogP contribution in [-0.4, -0.2) is 25.9 Å². The van der Waals surface area contributed by atoms with E-state index in [9.17, 15) is 4.79 Å². The largest absolute Gasteiger partial charge is 0.490 e. The molecule has 4 rings (SSSR count). The summed E-state index contributed by atoms with van der Waals surface area (Å²) in [6.07, 6.45) is 0. The van der Waals surface area contributed by atoms with Crippen LogP contribution >= 0.6 is 15.9 Å². The molecule has 1 amide bonds. The number of fused-ring (bicyclic) bond motifs is 1. The van der Waals surface area contributed by atoms with E-state index in [-0.39, 0.29) is 19.3 Å². The van der Waals surface area contributed by atoms with E-state index in [4.69, 9.17) is 18.9 Å². The van der Waals surface area contributed by atoms with Gasteiger partial charge in [0.15, 0.2) is 29.6 Å². The minimum absolute atomic E-state index is 0.138. The van der Waals surface area contributed by atoms with Crippen molar-refractivity contribution in [3.05, 3.63) is 70.2 Å². The average molecular weight is 513 g/mol. The van der Waals surface area contributed by atoms with Gasteiger partial charge in [-0.15, -0.1) is 0 Å². The number of rotatable bonds is 9. The van der Waals surface area contributed by atoms with E-state index in [1.165, 1.54) is 0 Å². The topological polar surface area (TPSA) is 78.1 Å². The highest BCUT2D eigenvalue weighted by Crippen LogP contribution is 2.38. The van der Waals surface area contributed by atoms with Gasteiger partial charge in [-0.3, -0.25) is 4.79 Å². The van der Waals surface area contributed by atoms with Crippen LogP contribution in [0.15, 0.2) is 59.1 Å². The summed E-state index contributed by atoms with van der Waals surface area (Å²) in [6, 6.07) is 17.2. The van der Waals surface area contributed by atoms with Crippen molar-refractivity contribution in [1.82, 2.24) is 0 Å². The summed E-state index contributed by atoms with van der Waals surface area (Å²) in [7, 11) is 0. The summed E-state index contributed by atoms with van der Waals surface area (Å²) < 4.78 is 23.1. The molecule has 2 N–H and O–H groups in total. The molecule has 8 heteroatoms. The van der Waals surface area contributed by atoms with Gasteiger partial charge in [0.2, 0.25) is 6.79 Å². The van der Waals surface area contributed by atoms with Crippen molar-refractivity contribution in [2.24, 2.45) is 0 Å². The molecule has 0 saturated carbocycles. The molecule has 0 unspecified atom stereocenters. The molecule has 0 saturated heterocycles. The lowest BCUT2D eigenvalue weighted by Crippen LogP contribution is -2.20. The summed E-state index contributed by atoms with van der Waals surface area (Å²) >= 11 is 3.56. The summed E-state index contributed by atoms with van der Waals surface area (Å²) in [5.74, 6) is 2.28. The normalized spacial score (nSPS) is 11.7. The second kappa shape index (κ2) is 10.5. The monoisotopic (exact) mass is 512 g/mol. The van der Waals surface area contributed by atoms with Gasteiger partial charge >= 0.3 is 0 Å². The summed E-state index contributed by atoms with van der Waals surface area (Å²) in [4.78, 5) is 12.3. The first-order valence-electron chi connectivity index (χ1n) is 10.6. The molecule has 0 bridgehead atoms. The molecule has 0 spiro atoms. The Kier molecular flexibility index (Phi) is 7.24. The van der Waals surface area contributed by atoms with Gasteiger partial charge in [0.05, 0.1) is 11.1 Å². The molecular formula is C25H25BrN2O5. The van der Waals surface area contributed by atoms with Gasteiger partial charge in [-0.25, -0.2) is 0 Å². The number of hydrogen-bond donors (Lipinski definition) is 2. The molecule has 3 aromatic rings. The molecule has 0 fully saturated rings. The van der Waals surface area contributed by atoms with Crippen molar-refractivity contribution in [1.29, 1.82) is 0 Å². The summed E-state index contributed by atoms with van der Waals surface area (Å²) in [5, 5.41) is 6.20. The van der Waals surface area contributed by atoms with Gasteiger partial charge in [0, 0.05) is 24.0 Å². The number of halogens is 1. The van der Waals surface area contributed by atoms with Crippen LogP contribution in [0.2, 0.25) is 0 Å². The van der Waals surface area contributed by atoms with Crippen LogP contribution < -0.4 is 29.6 Å². The predicted molar refractivity (Wildman–Crippen MR) is 131 cm³/mol. The van der Waals surface area contributed by atoms with Gasteiger partial charge in [-0.1, -0.05) is 17.7 Å². The summed E-state index contributed by atoms with van der Waals surface area (Å²) in [5.41, 5.74) is 3.76. The van der Waals surface area contributed by atoms with Crippen molar-refractivity contribution in [2.75, 3.05) is 30.6 Å². The molecule has 7 nitrogen and oxygen atoms in total. The van der Waals surface area contributed by atoms with Gasteiger partial charge < -0.3 is 29.6 Å². The number of aryl methyl sites for hydroxylation is 1. The second-order valence-electron chi connectivity index (χ2n) is 7.46. The minimum Gasteiger partial charge on any atom is -0.490 e. The molecule has 1 aliphatic heterocycles. The van der Waals surface area contributed by atoms with Crippen molar-refractivity contribution in [3.63, 3.8) is 0 Å². The van der Waals surface area contributed by atoms with Gasteiger partial charge in [-0.2, -0.15) is 0 Å². The molecule has 33 heavy (non-hydrogen) atoms. The third-order valence-corrected chi connectivity index (χ3v) is 5.51. The van der Waals surface area contributed by atoms with Gasteiger partial charge in [0.1, 0.15) is 0 Å². The maximum Gasteiger partial charge on any atom is 0.262 e. The number of benzene rings is 3. The lowest BCUT2D eigenvalue weighted by Gasteiger charge is -2.16. The Morgan fingerprint density at radius 3 is 2.55 bits per heavy atom. The fraction of sp³-hybridized carbons (Fsp3) is 0.240. The first kappa shape index (κ1) is 22.8. The first-order valence-corrected chi connectivity index (χ1v) is 11.4.